The summed E-state index contributed by atoms with van der Waals surface area (Å²) in [4.78, 5) is 17.6. The molecule has 1 aromatic carbocycles. The molecule has 8 heteroatoms. The molecule has 0 saturated heterocycles. The van der Waals surface area contributed by atoms with Gasteiger partial charge in [0.15, 0.2) is 11.4 Å². The third-order valence-electron chi connectivity index (χ3n) is 4.52. The molecule has 1 atom stereocenters. The van der Waals surface area contributed by atoms with Gasteiger partial charge in [0.05, 0.1) is 39.6 Å². The number of aromatic amines is 1. The molecule has 1 unspecified atom stereocenters. The number of aromatic nitrogens is 5. The first-order chi connectivity index (χ1) is 13.1. The normalized spacial score (nSPS) is 12.4. The number of carbonyl (C=O) groups excluding carboxylic acids is 1. The van der Waals surface area contributed by atoms with Gasteiger partial charge in [0.2, 0.25) is 0 Å². The molecule has 4 aromatic rings. The maximum Gasteiger partial charge on any atom is 0.175 e. The molecule has 3 heterocycles. The van der Waals surface area contributed by atoms with E-state index in [1.165, 1.54) is 0 Å². The zero-order valence-corrected chi connectivity index (χ0v) is 15.9. The Morgan fingerprint density at radius 3 is 2.89 bits per heavy atom. The van der Waals surface area contributed by atoms with Crippen molar-refractivity contribution in [1.29, 1.82) is 0 Å². The molecule has 0 aliphatic carbocycles. The van der Waals surface area contributed by atoms with Crippen molar-refractivity contribution in [2.45, 2.75) is 19.3 Å². The minimum Gasteiger partial charge on any atom is -0.293 e. The Bertz CT molecular complexity index is 1130. The molecule has 0 fully saturated rings. The number of hydrogen-bond donors (Lipinski definition) is 1. The zero-order chi connectivity index (χ0) is 19.0. The first kappa shape index (κ1) is 17.7. The maximum absolute atomic E-state index is 13.3. The number of nitrogens with zero attached hydrogens (tertiary/aromatic N) is 4. The van der Waals surface area contributed by atoms with Crippen LogP contribution in [-0.4, -0.2) is 30.6 Å². The molecule has 27 heavy (non-hydrogen) atoms. The molecule has 0 radical (unpaired) electrons. The van der Waals surface area contributed by atoms with Crippen LogP contribution in [0.1, 0.15) is 35.2 Å². The van der Waals surface area contributed by atoms with Crippen LogP contribution in [0.5, 0.6) is 0 Å². The van der Waals surface area contributed by atoms with Gasteiger partial charge < -0.3 is 0 Å². The van der Waals surface area contributed by atoms with E-state index in [1.807, 2.05) is 13.0 Å². The number of benzene rings is 1. The van der Waals surface area contributed by atoms with E-state index in [4.69, 9.17) is 23.2 Å². The van der Waals surface area contributed by atoms with E-state index in [0.29, 0.717) is 27.7 Å². The minimum absolute atomic E-state index is 0.0473. The lowest BCUT2D eigenvalue weighted by molar-refractivity contribution is 0.0959. The molecule has 6 nitrogen and oxygen atoms in total. The topological polar surface area (TPSA) is 75.9 Å². The predicted molar refractivity (Wildman–Crippen MR) is 104 cm³/mol. The second kappa shape index (κ2) is 7.13. The average Bonchev–Trinajstić information content (AvgIpc) is 3.32. The number of rotatable bonds is 5. The molecule has 0 aliphatic rings. The number of carbonyl (C=O) groups is 1. The molecule has 136 valence electrons. The number of hydrogen-bond acceptors (Lipinski definition) is 4. The highest BCUT2D eigenvalue weighted by Crippen LogP contribution is 2.34. The van der Waals surface area contributed by atoms with Crippen molar-refractivity contribution >= 4 is 34.6 Å². The summed E-state index contributed by atoms with van der Waals surface area (Å²) in [5.41, 5.74) is 3.40. The van der Waals surface area contributed by atoms with Crippen LogP contribution in [0.2, 0.25) is 10.0 Å². The minimum atomic E-state index is -0.386. The quantitative estimate of drug-likeness (QED) is 0.488. The Balaban J connectivity index is 1.77. The SMILES string of the molecule is CCC(C(=O)c1cnn2cccnc12)c1cn[nH]c1-c1ccc(Cl)c(Cl)c1. The van der Waals surface area contributed by atoms with E-state index >= 15 is 0 Å². The standard InChI is InChI=1S/C19H15Cl2N5O/c1-2-12(18(27)14-10-24-26-7-3-6-22-19(14)26)13-9-23-25-17(13)11-4-5-15(20)16(21)8-11/h3-10,12H,2H2,1H3,(H,23,25). The van der Waals surface area contributed by atoms with Crippen LogP contribution >= 0.6 is 23.2 Å². The first-order valence-corrected chi connectivity index (χ1v) is 9.17. The maximum atomic E-state index is 13.3. The molecule has 0 amide bonds. The molecule has 0 spiro atoms. The number of ketones is 1. The van der Waals surface area contributed by atoms with Crippen LogP contribution in [0.4, 0.5) is 0 Å². The molecule has 4 rings (SSSR count). The van der Waals surface area contributed by atoms with Gasteiger partial charge in [-0.25, -0.2) is 9.50 Å². The van der Waals surface area contributed by atoms with Crippen molar-refractivity contribution in [3.8, 4) is 11.3 Å². The summed E-state index contributed by atoms with van der Waals surface area (Å²) in [6.07, 6.45) is 7.26. The summed E-state index contributed by atoms with van der Waals surface area (Å²) in [5, 5.41) is 12.3. The highest BCUT2D eigenvalue weighted by atomic mass is 35.5. The highest BCUT2D eigenvalue weighted by Gasteiger charge is 2.27. The molecule has 1 N–H and O–H groups in total. The largest absolute Gasteiger partial charge is 0.293 e. The zero-order valence-electron chi connectivity index (χ0n) is 14.4. The Labute approximate surface area is 165 Å². The van der Waals surface area contributed by atoms with Gasteiger partial charge >= 0.3 is 0 Å². The van der Waals surface area contributed by atoms with Crippen molar-refractivity contribution in [3.63, 3.8) is 0 Å². The van der Waals surface area contributed by atoms with Gasteiger partial charge in [-0.05, 0) is 24.6 Å². The second-order valence-electron chi connectivity index (χ2n) is 6.10. The second-order valence-corrected chi connectivity index (χ2v) is 6.91. The molecular formula is C19H15Cl2N5O. The average molecular weight is 400 g/mol. The lowest BCUT2D eigenvalue weighted by atomic mass is 9.88. The van der Waals surface area contributed by atoms with E-state index < -0.39 is 0 Å². The third kappa shape index (κ3) is 3.11. The van der Waals surface area contributed by atoms with Crippen LogP contribution in [0.25, 0.3) is 16.9 Å². The lowest BCUT2D eigenvalue weighted by Crippen LogP contribution is -2.13. The summed E-state index contributed by atoms with van der Waals surface area (Å²) in [5.74, 6) is -0.433. The first-order valence-electron chi connectivity index (χ1n) is 8.41. The van der Waals surface area contributed by atoms with Crippen molar-refractivity contribution in [2.75, 3.05) is 0 Å². The van der Waals surface area contributed by atoms with Crippen LogP contribution in [0.3, 0.4) is 0 Å². The van der Waals surface area contributed by atoms with E-state index in [1.54, 1.807) is 47.5 Å². The Hall–Kier alpha value is -2.70. The summed E-state index contributed by atoms with van der Waals surface area (Å²) in [6, 6.07) is 7.10. The molecular weight excluding hydrogens is 385 g/mol. The van der Waals surface area contributed by atoms with Gasteiger partial charge in [0, 0.05) is 23.5 Å². The van der Waals surface area contributed by atoms with Gasteiger partial charge in [-0.3, -0.25) is 9.89 Å². The van der Waals surface area contributed by atoms with E-state index in [0.717, 1.165) is 16.8 Å². The fourth-order valence-electron chi connectivity index (χ4n) is 3.18. The van der Waals surface area contributed by atoms with Gasteiger partial charge in [-0.2, -0.15) is 10.2 Å². The summed E-state index contributed by atoms with van der Waals surface area (Å²) < 4.78 is 1.59. The van der Waals surface area contributed by atoms with Crippen molar-refractivity contribution in [2.24, 2.45) is 0 Å². The van der Waals surface area contributed by atoms with Gasteiger partial charge in [-0.1, -0.05) is 36.2 Å². The van der Waals surface area contributed by atoms with E-state index in [9.17, 15) is 4.79 Å². The van der Waals surface area contributed by atoms with Crippen molar-refractivity contribution < 1.29 is 4.79 Å². The fourth-order valence-corrected chi connectivity index (χ4v) is 3.48. The number of Topliss-reactive ketones (excluding diaryl/α,β-unsaturated/α-hetero) is 1. The van der Waals surface area contributed by atoms with Crippen LogP contribution in [0, 0.1) is 0 Å². The lowest BCUT2D eigenvalue weighted by Gasteiger charge is -2.14. The smallest absolute Gasteiger partial charge is 0.175 e. The number of nitrogens with one attached hydrogen (secondary N) is 1. The summed E-state index contributed by atoms with van der Waals surface area (Å²) in [7, 11) is 0. The highest BCUT2D eigenvalue weighted by molar-refractivity contribution is 6.42. The van der Waals surface area contributed by atoms with E-state index in [2.05, 4.69) is 20.3 Å². The van der Waals surface area contributed by atoms with Gasteiger partial charge in [0.1, 0.15) is 0 Å². The molecule has 0 saturated carbocycles. The van der Waals surface area contributed by atoms with Crippen molar-refractivity contribution in [1.82, 2.24) is 24.8 Å². The van der Waals surface area contributed by atoms with Crippen molar-refractivity contribution in [3.05, 3.63) is 70.2 Å². The predicted octanol–water partition coefficient (Wildman–Crippen LogP) is 4.80. The number of fused-ring (bicyclic) bond motifs is 1. The molecule has 0 aliphatic heterocycles. The fraction of sp³-hybridized carbons (Fsp3) is 0.158. The Morgan fingerprint density at radius 1 is 1.26 bits per heavy atom. The monoisotopic (exact) mass is 399 g/mol. The number of H-pyrrole nitrogens is 1. The molecule has 0 bridgehead atoms. The number of halogens is 2. The third-order valence-corrected chi connectivity index (χ3v) is 5.26. The summed E-state index contributed by atoms with van der Waals surface area (Å²) in [6.45, 7) is 1.97. The van der Waals surface area contributed by atoms with Gasteiger partial charge in [0.25, 0.3) is 0 Å². The summed E-state index contributed by atoms with van der Waals surface area (Å²) >= 11 is 12.2. The van der Waals surface area contributed by atoms with Gasteiger partial charge in [-0.15, -0.1) is 0 Å². The Morgan fingerprint density at radius 2 is 2.11 bits per heavy atom. The van der Waals surface area contributed by atoms with Crippen LogP contribution < -0.4 is 0 Å². The molecule has 3 aromatic heterocycles. The Kier molecular flexibility index (Phi) is 4.68. The van der Waals surface area contributed by atoms with E-state index in [-0.39, 0.29) is 11.7 Å². The van der Waals surface area contributed by atoms with Crippen LogP contribution in [0.15, 0.2) is 49.1 Å². The van der Waals surface area contributed by atoms with Crippen LogP contribution in [-0.2, 0) is 0 Å².